The summed E-state index contributed by atoms with van der Waals surface area (Å²) in [6, 6.07) is 3.20. The largest absolute Gasteiger partial charge is 0.522 e. The molecule has 3 amide bonds. The summed E-state index contributed by atoms with van der Waals surface area (Å²) in [4.78, 5) is 26.2. The summed E-state index contributed by atoms with van der Waals surface area (Å²) < 4.78 is 55.8. The summed E-state index contributed by atoms with van der Waals surface area (Å²) in [6.07, 6.45) is -4.82. The van der Waals surface area contributed by atoms with Crippen LogP contribution in [0.15, 0.2) is 18.2 Å². The zero-order valence-electron chi connectivity index (χ0n) is 17.1. The fourth-order valence-electron chi connectivity index (χ4n) is 3.26. The van der Waals surface area contributed by atoms with E-state index in [0.717, 1.165) is 6.07 Å². The number of urea groups is 1. The van der Waals surface area contributed by atoms with Crippen LogP contribution in [0.2, 0.25) is 5.02 Å². The molecule has 0 unspecified atom stereocenters. The van der Waals surface area contributed by atoms with Gasteiger partial charge in [-0.25, -0.2) is 9.18 Å². The molecule has 0 spiro atoms. The Morgan fingerprint density at radius 1 is 1.28 bits per heavy atom. The number of aromatic nitrogens is 2. The Bertz CT molecular complexity index is 1050. The summed E-state index contributed by atoms with van der Waals surface area (Å²) in [7, 11) is 0. The van der Waals surface area contributed by atoms with Gasteiger partial charge in [-0.15, -0.1) is 13.2 Å². The van der Waals surface area contributed by atoms with Crippen molar-refractivity contribution in [3.63, 3.8) is 0 Å². The third kappa shape index (κ3) is 5.30. The number of halogens is 5. The van der Waals surface area contributed by atoms with E-state index in [1.165, 1.54) is 35.6 Å². The van der Waals surface area contributed by atoms with Crippen LogP contribution in [0.5, 0.6) is 0 Å². The van der Waals surface area contributed by atoms with Crippen LogP contribution in [-0.2, 0) is 17.8 Å². The summed E-state index contributed by atoms with van der Waals surface area (Å²) in [5.74, 6) is -1.44. The van der Waals surface area contributed by atoms with Crippen LogP contribution in [0.4, 0.5) is 22.4 Å². The van der Waals surface area contributed by atoms with E-state index >= 15 is 0 Å². The molecule has 0 saturated heterocycles. The van der Waals surface area contributed by atoms with Crippen molar-refractivity contribution < 1.29 is 31.9 Å². The molecule has 3 rings (SSSR count). The van der Waals surface area contributed by atoms with Crippen LogP contribution < -0.4 is 11.1 Å². The third-order valence-electron chi connectivity index (χ3n) is 4.75. The van der Waals surface area contributed by atoms with Crippen LogP contribution in [0.1, 0.15) is 29.9 Å². The van der Waals surface area contributed by atoms with Gasteiger partial charge in [-0.05, 0) is 32.0 Å². The Morgan fingerprint density at radius 3 is 2.56 bits per heavy atom. The van der Waals surface area contributed by atoms with Gasteiger partial charge in [0.2, 0.25) is 0 Å². The molecule has 8 nitrogen and oxygen atoms in total. The third-order valence-corrected chi connectivity index (χ3v) is 5.04. The molecular weight excluding hydrogens is 458 g/mol. The molecule has 0 saturated carbocycles. The van der Waals surface area contributed by atoms with Gasteiger partial charge >= 0.3 is 12.4 Å². The lowest BCUT2D eigenvalue weighted by Gasteiger charge is -2.33. The second kappa shape index (κ2) is 8.58. The van der Waals surface area contributed by atoms with Crippen molar-refractivity contribution in [2.75, 3.05) is 13.2 Å². The van der Waals surface area contributed by atoms with Gasteiger partial charge in [-0.2, -0.15) is 5.10 Å². The maximum Gasteiger partial charge on any atom is 0.522 e. The molecule has 0 fully saturated rings. The standard InChI is InChI=1S/C19H20ClF4N5O3/c1-18(2,9-32-19(22,23)24)26-17(31)28-5-6-29-13(8-28)14(16(25)30)15(27-29)10-3-4-12(21)11(20)7-10/h3-4,7H,5-6,8-9H2,1-2H3,(H2,25,30)(H,26,31). The maximum atomic E-state index is 13.5. The molecule has 13 heteroatoms. The van der Waals surface area contributed by atoms with E-state index in [0.29, 0.717) is 11.3 Å². The Hall–Kier alpha value is -2.86. The average molecular weight is 478 g/mol. The number of hydrogen-bond donors (Lipinski definition) is 2. The fourth-order valence-corrected chi connectivity index (χ4v) is 3.44. The second-order valence-electron chi connectivity index (χ2n) is 7.86. The topological polar surface area (TPSA) is 102 Å². The molecule has 0 radical (unpaired) electrons. The van der Waals surface area contributed by atoms with Gasteiger partial charge < -0.3 is 16.0 Å². The first-order valence-electron chi connectivity index (χ1n) is 9.40. The van der Waals surface area contributed by atoms with Gasteiger partial charge in [0.05, 0.1) is 41.5 Å². The number of nitrogens with two attached hydrogens (primary N) is 1. The number of primary amides is 1. The minimum atomic E-state index is -4.82. The van der Waals surface area contributed by atoms with Crippen LogP contribution in [0.25, 0.3) is 11.3 Å². The van der Waals surface area contributed by atoms with Gasteiger partial charge in [-0.3, -0.25) is 14.2 Å². The van der Waals surface area contributed by atoms with Crippen LogP contribution in [0, 0.1) is 5.82 Å². The number of ether oxygens (including phenoxy) is 1. The smallest absolute Gasteiger partial charge is 0.365 e. The highest BCUT2D eigenvalue weighted by Crippen LogP contribution is 2.30. The molecule has 0 aliphatic carbocycles. The zero-order valence-corrected chi connectivity index (χ0v) is 17.8. The van der Waals surface area contributed by atoms with Gasteiger partial charge in [0.1, 0.15) is 11.5 Å². The zero-order chi connectivity index (χ0) is 23.8. The fraction of sp³-hybridized carbons (Fsp3) is 0.421. The van der Waals surface area contributed by atoms with Crippen LogP contribution in [-0.4, -0.2) is 51.7 Å². The number of alkyl halides is 3. The molecule has 2 aromatic rings. The molecule has 0 bridgehead atoms. The van der Waals surface area contributed by atoms with Crippen molar-refractivity contribution in [1.29, 1.82) is 0 Å². The number of hydrogen-bond acceptors (Lipinski definition) is 4. The number of rotatable bonds is 5. The molecule has 2 heterocycles. The summed E-state index contributed by atoms with van der Waals surface area (Å²) >= 11 is 5.83. The van der Waals surface area contributed by atoms with E-state index in [-0.39, 0.29) is 35.9 Å². The van der Waals surface area contributed by atoms with E-state index in [9.17, 15) is 27.2 Å². The molecule has 1 aromatic heterocycles. The average Bonchev–Trinajstić information content (AvgIpc) is 3.06. The lowest BCUT2D eigenvalue weighted by molar-refractivity contribution is -0.329. The first-order valence-corrected chi connectivity index (χ1v) is 9.78. The highest BCUT2D eigenvalue weighted by molar-refractivity contribution is 6.31. The van der Waals surface area contributed by atoms with Crippen molar-refractivity contribution in [3.8, 4) is 11.3 Å². The SMILES string of the molecule is CC(C)(COC(F)(F)F)NC(=O)N1CCn2nc(-c3ccc(F)c(Cl)c3)c(C(N)=O)c2C1. The van der Waals surface area contributed by atoms with E-state index in [4.69, 9.17) is 17.3 Å². The minimum absolute atomic E-state index is 0.0461. The second-order valence-corrected chi connectivity index (χ2v) is 8.26. The number of fused-ring (bicyclic) bond motifs is 1. The van der Waals surface area contributed by atoms with Gasteiger partial charge in [-0.1, -0.05) is 11.6 Å². The van der Waals surface area contributed by atoms with Crippen molar-refractivity contribution in [2.24, 2.45) is 5.73 Å². The van der Waals surface area contributed by atoms with E-state index in [1.54, 1.807) is 0 Å². The molecular formula is C19H20ClF4N5O3. The van der Waals surface area contributed by atoms with Crippen molar-refractivity contribution in [3.05, 3.63) is 40.3 Å². The monoisotopic (exact) mass is 477 g/mol. The van der Waals surface area contributed by atoms with Gasteiger partial charge in [0, 0.05) is 12.1 Å². The molecule has 1 aliphatic rings. The summed E-state index contributed by atoms with van der Waals surface area (Å²) in [6.45, 7) is 2.31. The molecule has 3 N–H and O–H groups in total. The number of nitrogens with one attached hydrogen (secondary N) is 1. The van der Waals surface area contributed by atoms with Crippen LogP contribution in [0.3, 0.4) is 0 Å². The molecule has 32 heavy (non-hydrogen) atoms. The van der Waals surface area contributed by atoms with Gasteiger partial charge in [0.25, 0.3) is 5.91 Å². The van der Waals surface area contributed by atoms with Crippen molar-refractivity contribution in [1.82, 2.24) is 20.0 Å². The number of carbonyl (C=O) groups excluding carboxylic acids is 2. The highest BCUT2D eigenvalue weighted by atomic mass is 35.5. The Balaban J connectivity index is 1.83. The molecule has 0 atom stereocenters. The lowest BCUT2D eigenvalue weighted by Crippen LogP contribution is -2.54. The molecule has 1 aromatic carbocycles. The predicted octanol–water partition coefficient (Wildman–Crippen LogP) is 3.28. The number of benzene rings is 1. The summed E-state index contributed by atoms with van der Waals surface area (Å²) in [5.41, 5.74) is 5.19. The van der Waals surface area contributed by atoms with E-state index < -0.39 is 36.3 Å². The molecule has 174 valence electrons. The number of amides is 3. The van der Waals surface area contributed by atoms with E-state index in [1.807, 2.05) is 0 Å². The number of carbonyl (C=O) groups is 2. The normalized spacial score (nSPS) is 14.3. The first-order chi connectivity index (χ1) is 14.8. The van der Waals surface area contributed by atoms with Crippen LogP contribution >= 0.6 is 11.6 Å². The Morgan fingerprint density at radius 2 is 1.97 bits per heavy atom. The van der Waals surface area contributed by atoms with Crippen molar-refractivity contribution >= 4 is 23.5 Å². The first kappa shape index (κ1) is 23.8. The highest BCUT2D eigenvalue weighted by Gasteiger charge is 2.35. The lowest BCUT2D eigenvalue weighted by atomic mass is 10.0. The van der Waals surface area contributed by atoms with Gasteiger partial charge in [0.15, 0.2) is 0 Å². The quantitative estimate of drug-likeness (QED) is 0.645. The number of nitrogens with zero attached hydrogens (tertiary/aromatic N) is 3. The van der Waals surface area contributed by atoms with E-state index in [2.05, 4.69) is 15.2 Å². The minimum Gasteiger partial charge on any atom is -0.365 e. The Kier molecular flexibility index (Phi) is 6.38. The predicted molar refractivity (Wildman–Crippen MR) is 106 cm³/mol. The summed E-state index contributed by atoms with van der Waals surface area (Å²) in [5, 5.41) is 6.70. The maximum absolute atomic E-state index is 13.5. The Labute approximate surface area is 185 Å². The van der Waals surface area contributed by atoms with Crippen molar-refractivity contribution in [2.45, 2.75) is 38.8 Å². The molecule has 1 aliphatic heterocycles.